The third-order valence-electron chi connectivity index (χ3n) is 1.99. The molecular weight excluding hydrogens is 341 g/mol. The zero-order chi connectivity index (χ0) is 15.2. The Morgan fingerprint density at radius 1 is 1.20 bits per heavy atom. The van der Waals surface area contributed by atoms with Gasteiger partial charge in [-0.15, -0.1) is 0 Å². The van der Waals surface area contributed by atoms with Crippen LogP contribution < -0.4 is 4.72 Å². The van der Waals surface area contributed by atoms with Crippen LogP contribution in [0.2, 0.25) is 10.0 Å². The molecule has 2 aromatic heterocycles. The Kier molecular flexibility index (Phi) is 6.57. The Morgan fingerprint density at radius 3 is 2.25 bits per heavy atom. The van der Waals surface area contributed by atoms with Crippen molar-refractivity contribution in [3.63, 3.8) is 0 Å². The number of rotatable bonds is 2. The summed E-state index contributed by atoms with van der Waals surface area (Å²) in [6.45, 7) is 0. The molecule has 0 atom stereocenters. The Hall–Kier alpha value is -0.990. The number of hydrogen-bond acceptors (Lipinski definition) is 4. The van der Waals surface area contributed by atoms with Crippen LogP contribution >= 0.6 is 35.4 Å². The van der Waals surface area contributed by atoms with Crippen molar-refractivity contribution in [2.75, 3.05) is 7.05 Å². The maximum atomic E-state index is 11.1. The standard InChI is InChI=1S/C6H7ClN2O2S.C5H4ClNS/c1-8-12(10,11)6-3-2-5(7)4-9-6;6-4-1-2-5(8)7-3-4/h2-4,8H,1H3;1-3H,(H,7,8). The summed E-state index contributed by atoms with van der Waals surface area (Å²) in [5, 5.41) is 1.05. The average Bonchev–Trinajstić information content (AvgIpc) is 2.43. The molecule has 0 aliphatic carbocycles. The highest BCUT2D eigenvalue weighted by Crippen LogP contribution is 2.09. The van der Waals surface area contributed by atoms with Crippen molar-refractivity contribution in [1.29, 1.82) is 0 Å². The molecule has 0 amide bonds. The number of nitrogens with zero attached hydrogens (tertiary/aromatic N) is 1. The Balaban J connectivity index is 0.000000217. The van der Waals surface area contributed by atoms with E-state index < -0.39 is 10.0 Å². The Labute approximate surface area is 132 Å². The quantitative estimate of drug-likeness (QED) is 0.815. The number of sulfonamides is 1. The van der Waals surface area contributed by atoms with E-state index in [-0.39, 0.29) is 5.03 Å². The summed E-state index contributed by atoms with van der Waals surface area (Å²) in [4.78, 5) is 6.42. The maximum Gasteiger partial charge on any atom is 0.257 e. The SMILES string of the molecule is CNS(=O)(=O)c1ccc(Cl)cn1.S=c1ccc(Cl)c[nH]1. The molecule has 2 aromatic rings. The molecular formula is C11H11Cl2N3O2S2. The van der Waals surface area contributed by atoms with E-state index in [1.165, 1.54) is 25.4 Å². The van der Waals surface area contributed by atoms with Gasteiger partial charge < -0.3 is 4.98 Å². The highest BCUT2D eigenvalue weighted by atomic mass is 35.5. The van der Waals surface area contributed by atoms with Crippen molar-refractivity contribution < 1.29 is 8.42 Å². The van der Waals surface area contributed by atoms with Gasteiger partial charge in [0.05, 0.1) is 10.0 Å². The van der Waals surface area contributed by atoms with Gasteiger partial charge in [0, 0.05) is 12.4 Å². The number of hydrogen-bond donors (Lipinski definition) is 2. The van der Waals surface area contributed by atoms with Gasteiger partial charge in [0.25, 0.3) is 10.0 Å². The lowest BCUT2D eigenvalue weighted by molar-refractivity contribution is 0.584. The predicted molar refractivity (Wildman–Crippen MR) is 82.1 cm³/mol. The Bertz CT molecular complexity index is 695. The molecule has 2 heterocycles. The third kappa shape index (κ3) is 5.56. The van der Waals surface area contributed by atoms with Gasteiger partial charge >= 0.3 is 0 Å². The predicted octanol–water partition coefficient (Wildman–Crippen LogP) is 3.04. The molecule has 9 heteroatoms. The highest BCUT2D eigenvalue weighted by molar-refractivity contribution is 7.89. The van der Waals surface area contributed by atoms with E-state index in [0.717, 1.165) is 0 Å². The topological polar surface area (TPSA) is 74.8 Å². The lowest BCUT2D eigenvalue weighted by Crippen LogP contribution is -2.19. The molecule has 0 aliphatic rings. The van der Waals surface area contributed by atoms with Crippen molar-refractivity contribution in [3.05, 3.63) is 51.3 Å². The van der Waals surface area contributed by atoms with E-state index in [0.29, 0.717) is 14.7 Å². The number of aromatic nitrogens is 2. The zero-order valence-electron chi connectivity index (χ0n) is 10.3. The fourth-order valence-electron chi connectivity index (χ4n) is 1.02. The maximum absolute atomic E-state index is 11.1. The number of nitrogens with one attached hydrogen (secondary N) is 2. The first-order chi connectivity index (χ1) is 9.35. The second-order valence-corrected chi connectivity index (χ2v) is 6.54. The molecule has 0 radical (unpaired) electrons. The van der Waals surface area contributed by atoms with Crippen molar-refractivity contribution in [2.45, 2.75) is 5.03 Å². The van der Waals surface area contributed by atoms with Crippen LogP contribution in [0.4, 0.5) is 0 Å². The van der Waals surface area contributed by atoms with E-state index in [1.54, 1.807) is 18.3 Å². The van der Waals surface area contributed by atoms with Gasteiger partial charge in [-0.25, -0.2) is 18.1 Å². The molecule has 0 spiro atoms. The summed E-state index contributed by atoms with van der Waals surface area (Å²) in [6, 6.07) is 6.31. The molecule has 0 saturated carbocycles. The molecule has 0 bridgehead atoms. The average molecular weight is 352 g/mol. The van der Waals surface area contributed by atoms with Gasteiger partial charge in [0.2, 0.25) is 0 Å². The second-order valence-electron chi connectivity index (χ2n) is 3.39. The third-order valence-corrected chi connectivity index (χ3v) is 4.03. The van der Waals surface area contributed by atoms with Gasteiger partial charge in [-0.1, -0.05) is 35.4 Å². The lowest BCUT2D eigenvalue weighted by atomic mass is 10.5. The van der Waals surface area contributed by atoms with Crippen LogP contribution in [0.25, 0.3) is 0 Å². The van der Waals surface area contributed by atoms with Gasteiger partial charge in [0.1, 0.15) is 4.64 Å². The molecule has 2 rings (SSSR count). The second kappa shape index (κ2) is 7.70. The zero-order valence-corrected chi connectivity index (χ0v) is 13.4. The minimum Gasteiger partial charge on any atom is -0.351 e. The largest absolute Gasteiger partial charge is 0.351 e. The molecule has 0 aliphatic heterocycles. The van der Waals surface area contributed by atoms with E-state index in [9.17, 15) is 8.42 Å². The number of pyridine rings is 2. The molecule has 20 heavy (non-hydrogen) atoms. The van der Waals surface area contributed by atoms with Gasteiger partial charge in [-0.05, 0) is 31.3 Å². The first-order valence-electron chi connectivity index (χ1n) is 5.24. The van der Waals surface area contributed by atoms with E-state index in [1.807, 2.05) is 0 Å². The van der Waals surface area contributed by atoms with Crippen LogP contribution in [0.15, 0.2) is 41.7 Å². The van der Waals surface area contributed by atoms with Crippen molar-refractivity contribution in [3.8, 4) is 0 Å². The van der Waals surface area contributed by atoms with Gasteiger partial charge in [-0.3, -0.25) is 0 Å². The van der Waals surface area contributed by atoms with Gasteiger partial charge in [0.15, 0.2) is 5.03 Å². The van der Waals surface area contributed by atoms with Crippen LogP contribution in [0.3, 0.4) is 0 Å². The number of H-pyrrole nitrogens is 1. The molecule has 5 nitrogen and oxygen atoms in total. The van der Waals surface area contributed by atoms with E-state index >= 15 is 0 Å². The molecule has 2 N–H and O–H groups in total. The van der Waals surface area contributed by atoms with E-state index in [4.69, 9.17) is 35.4 Å². The fraction of sp³-hybridized carbons (Fsp3) is 0.0909. The van der Waals surface area contributed by atoms with Crippen LogP contribution in [0.5, 0.6) is 0 Å². The first kappa shape index (κ1) is 17.1. The van der Waals surface area contributed by atoms with Gasteiger partial charge in [-0.2, -0.15) is 0 Å². The van der Waals surface area contributed by atoms with Crippen molar-refractivity contribution in [2.24, 2.45) is 0 Å². The minimum absolute atomic E-state index is 0.0330. The fourth-order valence-corrected chi connectivity index (χ4v) is 2.02. The summed E-state index contributed by atoms with van der Waals surface area (Å²) in [7, 11) is -2.11. The van der Waals surface area contributed by atoms with Crippen LogP contribution in [0.1, 0.15) is 0 Å². The summed E-state index contributed by atoms with van der Waals surface area (Å²) in [6.07, 6.45) is 2.94. The normalized spacial score (nSPS) is 10.6. The molecule has 0 aromatic carbocycles. The molecule has 108 valence electrons. The number of aromatic amines is 1. The molecule has 0 unspecified atom stereocenters. The Morgan fingerprint density at radius 2 is 1.85 bits per heavy atom. The molecule has 0 fully saturated rings. The summed E-state index contributed by atoms with van der Waals surface area (Å²) in [5.74, 6) is 0. The first-order valence-corrected chi connectivity index (χ1v) is 7.89. The lowest BCUT2D eigenvalue weighted by Gasteiger charge is -1.99. The summed E-state index contributed by atoms with van der Waals surface area (Å²) < 4.78 is 25.0. The van der Waals surface area contributed by atoms with Crippen molar-refractivity contribution >= 4 is 45.4 Å². The van der Waals surface area contributed by atoms with Crippen LogP contribution in [0, 0.1) is 4.64 Å². The molecule has 0 saturated heterocycles. The smallest absolute Gasteiger partial charge is 0.257 e. The summed E-state index contributed by atoms with van der Waals surface area (Å²) >= 11 is 15.8. The van der Waals surface area contributed by atoms with E-state index in [2.05, 4.69) is 14.7 Å². The summed E-state index contributed by atoms with van der Waals surface area (Å²) in [5.41, 5.74) is 0. The highest BCUT2D eigenvalue weighted by Gasteiger charge is 2.11. The monoisotopic (exact) mass is 351 g/mol. The number of halogens is 2. The van der Waals surface area contributed by atoms with Crippen LogP contribution in [-0.4, -0.2) is 25.4 Å². The van der Waals surface area contributed by atoms with Crippen LogP contribution in [-0.2, 0) is 10.0 Å². The van der Waals surface area contributed by atoms with Crippen molar-refractivity contribution in [1.82, 2.24) is 14.7 Å². The minimum atomic E-state index is -3.43.